The molecular formula is C26H25N3O3. The number of carbonyl (C=O) groups excluding carboxylic acids is 3. The van der Waals surface area contributed by atoms with Crippen molar-refractivity contribution in [2.24, 2.45) is 0 Å². The Balaban J connectivity index is 1.82. The predicted molar refractivity (Wildman–Crippen MR) is 124 cm³/mol. The van der Waals surface area contributed by atoms with Crippen LogP contribution in [0.25, 0.3) is 0 Å². The van der Waals surface area contributed by atoms with Gasteiger partial charge in [-0.25, -0.2) is 4.90 Å². The average Bonchev–Trinajstić information content (AvgIpc) is 3.03. The molecule has 162 valence electrons. The highest BCUT2D eigenvalue weighted by atomic mass is 16.2. The van der Waals surface area contributed by atoms with E-state index >= 15 is 0 Å². The van der Waals surface area contributed by atoms with Gasteiger partial charge in [0.1, 0.15) is 0 Å². The zero-order chi connectivity index (χ0) is 23.0. The van der Waals surface area contributed by atoms with Gasteiger partial charge in [0, 0.05) is 18.1 Å². The Kier molecular flexibility index (Phi) is 5.61. The Morgan fingerprint density at radius 2 is 1.44 bits per heavy atom. The molecule has 6 heteroatoms. The Bertz CT molecular complexity index is 1190. The van der Waals surface area contributed by atoms with Crippen LogP contribution in [0.4, 0.5) is 11.4 Å². The van der Waals surface area contributed by atoms with E-state index in [4.69, 9.17) is 0 Å². The van der Waals surface area contributed by atoms with E-state index in [1.165, 1.54) is 4.90 Å². The summed E-state index contributed by atoms with van der Waals surface area (Å²) in [6.45, 7) is 8.15. The molecule has 3 amide bonds. The number of amides is 3. The lowest BCUT2D eigenvalue weighted by Crippen LogP contribution is -2.32. The van der Waals surface area contributed by atoms with E-state index in [0.29, 0.717) is 11.4 Å². The lowest BCUT2D eigenvalue weighted by atomic mass is 9.92. The molecule has 2 heterocycles. The molecule has 0 aliphatic carbocycles. The minimum Gasteiger partial charge on any atom is -0.322 e. The number of nitrogens with zero attached hydrogens (tertiary/aromatic N) is 2. The number of nitrogens with one attached hydrogen (secondary N) is 1. The van der Waals surface area contributed by atoms with Gasteiger partial charge in [-0.1, -0.05) is 52.0 Å². The Morgan fingerprint density at radius 3 is 2.03 bits per heavy atom. The van der Waals surface area contributed by atoms with Crippen molar-refractivity contribution in [2.75, 3.05) is 10.2 Å². The fourth-order valence-electron chi connectivity index (χ4n) is 4.08. The number of imide groups is 1. The van der Waals surface area contributed by atoms with Gasteiger partial charge in [-0.15, -0.1) is 0 Å². The smallest absolute Gasteiger partial charge is 0.266 e. The molecule has 1 aromatic heterocycles. The number of anilines is 2. The number of rotatable bonds is 5. The van der Waals surface area contributed by atoms with E-state index in [2.05, 4.69) is 10.3 Å². The van der Waals surface area contributed by atoms with Crippen molar-refractivity contribution in [3.8, 4) is 0 Å². The van der Waals surface area contributed by atoms with E-state index in [-0.39, 0.29) is 28.5 Å². The molecule has 0 fully saturated rings. The van der Waals surface area contributed by atoms with Gasteiger partial charge < -0.3 is 5.32 Å². The first-order valence-electron chi connectivity index (χ1n) is 10.7. The van der Waals surface area contributed by atoms with Crippen LogP contribution < -0.4 is 10.2 Å². The van der Waals surface area contributed by atoms with Gasteiger partial charge in [-0.3, -0.25) is 19.4 Å². The molecule has 1 N–H and O–H groups in total. The molecule has 6 nitrogen and oxygen atoms in total. The van der Waals surface area contributed by atoms with E-state index in [9.17, 15) is 14.4 Å². The van der Waals surface area contributed by atoms with Gasteiger partial charge >= 0.3 is 0 Å². The van der Waals surface area contributed by atoms with Crippen molar-refractivity contribution < 1.29 is 14.4 Å². The van der Waals surface area contributed by atoms with Crippen molar-refractivity contribution in [3.05, 3.63) is 88.7 Å². The molecule has 0 spiro atoms. The SMILES string of the molecule is CC(C)c1cccc(C(C)C)c1N1C(=O)c2cccc(C(=O)Nc3ccncc3)c2C1=O. The number of hydrogen-bond donors (Lipinski definition) is 1. The molecular weight excluding hydrogens is 402 g/mol. The summed E-state index contributed by atoms with van der Waals surface area (Å²) in [5, 5.41) is 2.78. The summed E-state index contributed by atoms with van der Waals surface area (Å²) < 4.78 is 0. The maximum absolute atomic E-state index is 13.7. The molecule has 0 bridgehead atoms. The first kappa shape index (κ1) is 21.4. The highest BCUT2D eigenvalue weighted by molar-refractivity contribution is 6.37. The van der Waals surface area contributed by atoms with Crippen molar-refractivity contribution in [3.63, 3.8) is 0 Å². The van der Waals surface area contributed by atoms with Crippen LogP contribution >= 0.6 is 0 Å². The zero-order valence-corrected chi connectivity index (χ0v) is 18.5. The summed E-state index contributed by atoms with van der Waals surface area (Å²) in [4.78, 5) is 45.3. The van der Waals surface area contributed by atoms with Gasteiger partial charge in [0.05, 0.1) is 22.4 Å². The third-order valence-electron chi connectivity index (χ3n) is 5.66. The van der Waals surface area contributed by atoms with Crippen molar-refractivity contribution in [2.45, 2.75) is 39.5 Å². The van der Waals surface area contributed by atoms with Gasteiger partial charge in [0.15, 0.2) is 0 Å². The standard InChI is InChI=1S/C26H25N3O3/c1-15(2)18-7-5-8-19(16(3)4)23(18)29-25(31)21-10-6-9-20(22(21)26(29)32)24(30)28-17-11-13-27-14-12-17/h5-16H,1-4H3,(H,27,28,30). The Hall–Kier alpha value is -3.80. The van der Waals surface area contributed by atoms with Crippen LogP contribution in [-0.2, 0) is 0 Å². The molecule has 0 saturated carbocycles. The third-order valence-corrected chi connectivity index (χ3v) is 5.66. The summed E-state index contributed by atoms with van der Waals surface area (Å²) >= 11 is 0. The van der Waals surface area contributed by atoms with Crippen LogP contribution in [0.2, 0.25) is 0 Å². The average molecular weight is 428 g/mol. The minimum absolute atomic E-state index is 0.113. The number of pyridine rings is 1. The van der Waals surface area contributed by atoms with Crippen LogP contribution in [0.15, 0.2) is 60.9 Å². The number of benzene rings is 2. The molecule has 0 radical (unpaired) electrons. The first-order chi connectivity index (χ1) is 15.3. The first-order valence-corrected chi connectivity index (χ1v) is 10.7. The molecule has 2 aromatic carbocycles. The van der Waals surface area contributed by atoms with E-state index < -0.39 is 17.7 Å². The van der Waals surface area contributed by atoms with Crippen molar-refractivity contribution in [1.82, 2.24) is 4.98 Å². The Labute approximate surface area is 187 Å². The predicted octanol–water partition coefficient (Wildman–Crippen LogP) is 5.38. The fraction of sp³-hybridized carbons (Fsp3) is 0.231. The van der Waals surface area contributed by atoms with Gasteiger partial charge in [0.25, 0.3) is 17.7 Å². The largest absolute Gasteiger partial charge is 0.322 e. The van der Waals surface area contributed by atoms with Crippen LogP contribution in [0.1, 0.15) is 81.7 Å². The highest BCUT2D eigenvalue weighted by Crippen LogP contribution is 2.40. The Morgan fingerprint density at radius 1 is 0.844 bits per heavy atom. The van der Waals surface area contributed by atoms with Crippen molar-refractivity contribution >= 4 is 29.1 Å². The lowest BCUT2D eigenvalue weighted by molar-refractivity contribution is 0.0919. The van der Waals surface area contributed by atoms with Gasteiger partial charge in [-0.2, -0.15) is 0 Å². The highest BCUT2D eigenvalue weighted by Gasteiger charge is 2.41. The molecule has 3 aromatic rings. The van der Waals surface area contributed by atoms with E-state index in [1.54, 1.807) is 42.7 Å². The summed E-state index contributed by atoms with van der Waals surface area (Å²) in [5.74, 6) is -1.10. The maximum Gasteiger partial charge on any atom is 0.266 e. The quantitative estimate of drug-likeness (QED) is 0.554. The lowest BCUT2D eigenvalue weighted by Gasteiger charge is -2.25. The number of hydrogen-bond acceptors (Lipinski definition) is 4. The third kappa shape index (κ3) is 3.58. The second-order valence-corrected chi connectivity index (χ2v) is 8.46. The van der Waals surface area contributed by atoms with Crippen LogP contribution in [0, 0.1) is 0 Å². The molecule has 1 aliphatic heterocycles. The van der Waals surface area contributed by atoms with E-state index in [0.717, 1.165) is 11.1 Å². The molecule has 0 atom stereocenters. The molecule has 4 rings (SSSR count). The monoisotopic (exact) mass is 427 g/mol. The van der Waals surface area contributed by atoms with Crippen molar-refractivity contribution in [1.29, 1.82) is 0 Å². The summed E-state index contributed by atoms with van der Waals surface area (Å²) in [5.41, 5.74) is 3.59. The molecule has 0 saturated heterocycles. The second-order valence-electron chi connectivity index (χ2n) is 8.46. The normalized spacial score (nSPS) is 13.1. The van der Waals surface area contributed by atoms with Gasteiger partial charge in [0.2, 0.25) is 0 Å². The number of fused-ring (bicyclic) bond motifs is 1. The fourth-order valence-corrected chi connectivity index (χ4v) is 4.08. The van der Waals surface area contributed by atoms with Crippen LogP contribution in [0.3, 0.4) is 0 Å². The topological polar surface area (TPSA) is 79.4 Å². The number of carbonyl (C=O) groups is 3. The summed E-state index contributed by atoms with van der Waals surface area (Å²) in [6, 6.07) is 14.0. The van der Waals surface area contributed by atoms with Gasteiger partial charge in [-0.05, 0) is 47.2 Å². The number of para-hydroxylation sites is 1. The minimum atomic E-state index is -0.472. The summed E-state index contributed by atoms with van der Waals surface area (Å²) in [7, 11) is 0. The van der Waals surface area contributed by atoms with E-state index in [1.807, 2.05) is 45.9 Å². The zero-order valence-electron chi connectivity index (χ0n) is 18.5. The van der Waals surface area contributed by atoms with Crippen LogP contribution in [0.5, 0.6) is 0 Å². The molecule has 32 heavy (non-hydrogen) atoms. The second kappa shape index (κ2) is 8.38. The molecule has 0 unspecified atom stereocenters. The number of aromatic nitrogens is 1. The van der Waals surface area contributed by atoms with Crippen LogP contribution in [-0.4, -0.2) is 22.7 Å². The molecule has 1 aliphatic rings. The maximum atomic E-state index is 13.7. The summed E-state index contributed by atoms with van der Waals surface area (Å²) in [6.07, 6.45) is 3.13.